The number of fused-ring (bicyclic) bond motifs is 3. The molecule has 0 aliphatic carbocycles. The molecule has 1 unspecified atom stereocenters. The molecule has 1 saturated heterocycles. The van der Waals surface area contributed by atoms with E-state index >= 15 is 0 Å². The molecule has 3 heterocycles. The first-order chi connectivity index (χ1) is 11.8. The highest BCUT2D eigenvalue weighted by Crippen LogP contribution is 2.36. The van der Waals surface area contributed by atoms with Crippen molar-refractivity contribution in [3.8, 4) is 5.75 Å². The first-order valence-corrected chi connectivity index (χ1v) is 9.41. The molecular weight excluding hydrogens is 298 g/mol. The maximum atomic E-state index is 5.48. The van der Waals surface area contributed by atoms with Gasteiger partial charge in [-0.2, -0.15) is 0 Å². The maximum absolute atomic E-state index is 5.48. The lowest BCUT2D eigenvalue weighted by Crippen LogP contribution is -2.29. The predicted octanol–water partition coefficient (Wildman–Crippen LogP) is 3.25. The Kier molecular flexibility index (Phi) is 4.51. The number of nitrogens with one attached hydrogen (secondary N) is 2. The summed E-state index contributed by atoms with van der Waals surface area (Å²) in [6, 6.07) is 7.00. The quantitative estimate of drug-likeness (QED) is 0.905. The summed E-state index contributed by atoms with van der Waals surface area (Å²) in [5, 5.41) is 8.47. The van der Waals surface area contributed by atoms with Gasteiger partial charge in [0.25, 0.3) is 0 Å². The Hall–Kier alpha value is -1.52. The van der Waals surface area contributed by atoms with Crippen molar-refractivity contribution < 1.29 is 4.74 Å². The molecule has 4 heteroatoms. The van der Waals surface area contributed by atoms with Gasteiger partial charge in [-0.25, -0.2) is 0 Å². The first kappa shape index (κ1) is 16.0. The van der Waals surface area contributed by atoms with E-state index in [1.807, 2.05) is 0 Å². The molecule has 0 radical (unpaired) electrons. The van der Waals surface area contributed by atoms with Crippen molar-refractivity contribution in [2.45, 2.75) is 45.2 Å². The Morgan fingerprint density at radius 1 is 1.21 bits per heavy atom. The van der Waals surface area contributed by atoms with Gasteiger partial charge in [0.2, 0.25) is 0 Å². The predicted molar refractivity (Wildman–Crippen MR) is 98.8 cm³/mol. The fourth-order valence-corrected chi connectivity index (χ4v) is 4.54. The van der Waals surface area contributed by atoms with Crippen LogP contribution in [-0.2, 0) is 13.0 Å². The van der Waals surface area contributed by atoms with Gasteiger partial charge in [0.05, 0.1) is 7.11 Å². The van der Waals surface area contributed by atoms with Gasteiger partial charge >= 0.3 is 0 Å². The van der Waals surface area contributed by atoms with Crippen LogP contribution in [0.2, 0.25) is 0 Å². The summed E-state index contributed by atoms with van der Waals surface area (Å²) >= 11 is 0. The van der Waals surface area contributed by atoms with Gasteiger partial charge < -0.3 is 19.9 Å². The summed E-state index contributed by atoms with van der Waals surface area (Å²) in [6.45, 7) is 6.89. The van der Waals surface area contributed by atoms with Crippen LogP contribution in [0, 0.1) is 5.92 Å². The lowest BCUT2D eigenvalue weighted by atomic mass is 9.94. The first-order valence-electron chi connectivity index (χ1n) is 9.41. The molecule has 1 aromatic heterocycles. The van der Waals surface area contributed by atoms with E-state index in [1.165, 1.54) is 48.8 Å². The molecule has 24 heavy (non-hydrogen) atoms. The third-order valence-corrected chi connectivity index (χ3v) is 5.89. The van der Waals surface area contributed by atoms with Crippen LogP contribution in [0.25, 0.3) is 10.9 Å². The highest BCUT2D eigenvalue weighted by Gasteiger charge is 2.25. The second-order valence-electron chi connectivity index (χ2n) is 7.30. The summed E-state index contributed by atoms with van der Waals surface area (Å²) in [5.41, 5.74) is 4.41. The van der Waals surface area contributed by atoms with Gasteiger partial charge in [0.1, 0.15) is 5.75 Å². The van der Waals surface area contributed by atoms with Crippen molar-refractivity contribution in [1.29, 1.82) is 0 Å². The number of nitrogens with zero attached hydrogens (tertiary/aromatic N) is 1. The molecule has 2 aromatic rings. The van der Waals surface area contributed by atoms with Crippen LogP contribution in [0.4, 0.5) is 0 Å². The second-order valence-corrected chi connectivity index (χ2v) is 7.30. The number of benzene rings is 1. The van der Waals surface area contributed by atoms with Crippen LogP contribution < -0.4 is 15.4 Å². The molecule has 2 N–H and O–H groups in total. The molecule has 0 amide bonds. The van der Waals surface area contributed by atoms with Gasteiger partial charge in [-0.1, -0.05) is 0 Å². The van der Waals surface area contributed by atoms with Gasteiger partial charge in [-0.15, -0.1) is 0 Å². The number of piperidine rings is 1. The fourth-order valence-electron chi connectivity index (χ4n) is 4.54. The zero-order valence-electron chi connectivity index (χ0n) is 14.9. The number of ether oxygens (including phenoxy) is 1. The average Bonchev–Trinajstić information content (AvgIpc) is 2.95. The number of aromatic nitrogens is 1. The molecule has 2 aliphatic rings. The highest BCUT2D eigenvalue weighted by molar-refractivity contribution is 5.87. The summed E-state index contributed by atoms with van der Waals surface area (Å²) < 4.78 is 8.08. The summed E-state index contributed by atoms with van der Waals surface area (Å²) in [7, 11) is 1.75. The molecule has 1 fully saturated rings. The zero-order chi connectivity index (χ0) is 16.5. The van der Waals surface area contributed by atoms with E-state index < -0.39 is 0 Å². The molecule has 130 valence electrons. The molecule has 0 spiro atoms. The number of hydrogen-bond donors (Lipinski definition) is 2. The Morgan fingerprint density at radius 3 is 2.83 bits per heavy atom. The van der Waals surface area contributed by atoms with E-state index in [0.29, 0.717) is 6.04 Å². The van der Waals surface area contributed by atoms with Crippen LogP contribution in [0.1, 0.15) is 43.5 Å². The van der Waals surface area contributed by atoms with Crippen LogP contribution in [0.5, 0.6) is 5.75 Å². The van der Waals surface area contributed by atoms with Gasteiger partial charge in [0.15, 0.2) is 0 Å². The molecule has 0 bridgehead atoms. The number of hydrogen-bond acceptors (Lipinski definition) is 3. The Bertz CT molecular complexity index is 715. The van der Waals surface area contributed by atoms with E-state index in [0.717, 1.165) is 31.2 Å². The molecule has 0 saturated carbocycles. The SMILES string of the molecule is COc1ccc2c(c1)c1c(n2CCC2CCNCC2)CCNC1C. The van der Waals surface area contributed by atoms with E-state index in [9.17, 15) is 0 Å². The van der Waals surface area contributed by atoms with Crippen molar-refractivity contribution in [1.82, 2.24) is 15.2 Å². The summed E-state index contributed by atoms with van der Waals surface area (Å²) in [5.74, 6) is 1.83. The van der Waals surface area contributed by atoms with Gasteiger partial charge in [0, 0.05) is 42.1 Å². The third-order valence-electron chi connectivity index (χ3n) is 5.89. The number of rotatable bonds is 4. The lowest BCUT2D eigenvalue weighted by molar-refractivity contribution is 0.337. The van der Waals surface area contributed by atoms with Gasteiger partial charge in [-0.05, 0) is 69.0 Å². The summed E-state index contributed by atoms with van der Waals surface area (Å²) in [6.07, 6.45) is 5.08. The minimum Gasteiger partial charge on any atom is -0.497 e. The van der Waals surface area contributed by atoms with Gasteiger partial charge in [-0.3, -0.25) is 0 Å². The van der Waals surface area contributed by atoms with E-state index in [4.69, 9.17) is 4.74 Å². The molecular formula is C20H29N3O. The Labute approximate surface area is 144 Å². The minimum atomic E-state index is 0.420. The average molecular weight is 327 g/mol. The van der Waals surface area contributed by atoms with Crippen LogP contribution in [0.3, 0.4) is 0 Å². The zero-order valence-corrected chi connectivity index (χ0v) is 14.9. The molecule has 4 nitrogen and oxygen atoms in total. The van der Waals surface area contributed by atoms with Crippen LogP contribution in [0.15, 0.2) is 18.2 Å². The highest BCUT2D eigenvalue weighted by atomic mass is 16.5. The van der Waals surface area contributed by atoms with Crippen LogP contribution in [-0.4, -0.2) is 31.3 Å². The normalized spacial score (nSPS) is 21.8. The molecule has 1 atom stereocenters. The Balaban J connectivity index is 1.70. The van der Waals surface area contributed by atoms with E-state index in [2.05, 4.69) is 40.3 Å². The monoisotopic (exact) mass is 327 g/mol. The number of aryl methyl sites for hydroxylation is 1. The minimum absolute atomic E-state index is 0.420. The van der Waals surface area contributed by atoms with Crippen molar-refractivity contribution >= 4 is 10.9 Å². The molecule has 1 aromatic carbocycles. The third kappa shape index (κ3) is 2.82. The van der Waals surface area contributed by atoms with Crippen LogP contribution >= 0.6 is 0 Å². The molecule has 2 aliphatic heterocycles. The van der Waals surface area contributed by atoms with Crippen molar-refractivity contribution in [2.24, 2.45) is 5.92 Å². The smallest absolute Gasteiger partial charge is 0.119 e. The van der Waals surface area contributed by atoms with E-state index in [1.54, 1.807) is 12.8 Å². The van der Waals surface area contributed by atoms with Crippen molar-refractivity contribution in [2.75, 3.05) is 26.7 Å². The lowest BCUT2D eigenvalue weighted by Gasteiger charge is -2.25. The standard InChI is InChI=1S/C20H29N3O/c1-14-20-17-13-16(24-2)3-4-18(17)23(19(20)7-11-22-14)12-8-15-5-9-21-10-6-15/h3-4,13-15,21-22H,5-12H2,1-2H3. The fraction of sp³-hybridized carbons (Fsp3) is 0.600. The van der Waals surface area contributed by atoms with Crippen molar-refractivity contribution in [3.63, 3.8) is 0 Å². The van der Waals surface area contributed by atoms with Crippen molar-refractivity contribution in [3.05, 3.63) is 29.5 Å². The van der Waals surface area contributed by atoms with E-state index in [-0.39, 0.29) is 0 Å². The summed E-state index contributed by atoms with van der Waals surface area (Å²) in [4.78, 5) is 0. The Morgan fingerprint density at radius 2 is 2.04 bits per heavy atom. The topological polar surface area (TPSA) is 38.2 Å². The number of methoxy groups -OCH3 is 1. The maximum Gasteiger partial charge on any atom is 0.119 e. The largest absolute Gasteiger partial charge is 0.497 e. The second kappa shape index (κ2) is 6.77. The molecule has 4 rings (SSSR count).